The number of esters is 1. The zero-order valence-electron chi connectivity index (χ0n) is 7.06. The van der Waals surface area contributed by atoms with Gasteiger partial charge in [0.15, 0.2) is 0 Å². The first-order chi connectivity index (χ1) is 5.08. The fourth-order valence-corrected chi connectivity index (χ4v) is 0.208. The van der Waals surface area contributed by atoms with E-state index in [1.807, 2.05) is 14.1 Å². The molecule has 1 unspecified atom stereocenters. The van der Waals surface area contributed by atoms with Crippen molar-refractivity contribution in [3.05, 3.63) is 12.7 Å². The van der Waals surface area contributed by atoms with Gasteiger partial charge in [-0.15, -0.1) is 0 Å². The van der Waals surface area contributed by atoms with E-state index in [-0.39, 0.29) is 0 Å². The van der Waals surface area contributed by atoms with E-state index in [1.54, 1.807) is 0 Å². The second-order valence-corrected chi connectivity index (χ2v) is 1.68. The number of nitrogens with one attached hydrogen (secondary N) is 1. The molecule has 0 aromatic heterocycles. The summed E-state index contributed by atoms with van der Waals surface area (Å²) in [5, 5.41) is 2.75. The van der Waals surface area contributed by atoms with Crippen LogP contribution in [0.4, 0.5) is 4.39 Å². The summed E-state index contributed by atoms with van der Waals surface area (Å²) in [5.41, 5.74) is 0. The molecule has 0 aromatic rings. The molecule has 0 aliphatic carbocycles. The van der Waals surface area contributed by atoms with E-state index in [1.165, 1.54) is 0 Å². The number of alkyl halides is 1. The number of hydrogen-bond donors (Lipinski definition) is 1. The molecule has 0 rings (SSSR count). The number of carbonyl (C=O) groups is 1. The quantitative estimate of drug-likeness (QED) is 0.485. The monoisotopic (exact) mass is 163 g/mol. The molecule has 0 aliphatic heterocycles. The van der Waals surface area contributed by atoms with E-state index in [4.69, 9.17) is 0 Å². The Kier molecular flexibility index (Phi) is 10.5. The van der Waals surface area contributed by atoms with Gasteiger partial charge in [0, 0.05) is 13.0 Å². The van der Waals surface area contributed by atoms with Crippen LogP contribution in [0.3, 0.4) is 0 Å². The highest BCUT2D eigenvalue weighted by atomic mass is 19.1. The van der Waals surface area contributed by atoms with Crippen LogP contribution >= 0.6 is 0 Å². The lowest BCUT2D eigenvalue weighted by molar-refractivity contribution is -0.149. The molecule has 1 atom stereocenters. The Morgan fingerprint density at radius 2 is 2.09 bits per heavy atom. The maximum atomic E-state index is 11.6. The third-order valence-corrected chi connectivity index (χ3v) is 0.445. The summed E-state index contributed by atoms with van der Waals surface area (Å²) in [4.78, 5) is 10.0. The van der Waals surface area contributed by atoms with Gasteiger partial charge in [0.1, 0.15) is 0 Å². The topological polar surface area (TPSA) is 38.3 Å². The highest BCUT2D eigenvalue weighted by Crippen LogP contribution is 1.90. The highest BCUT2D eigenvalue weighted by Gasteiger charge is 2.00. The molecule has 0 spiro atoms. The van der Waals surface area contributed by atoms with Gasteiger partial charge in [-0.25, -0.2) is 9.18 Å². The average Bonchev–Trinajstić information content (AvgIpc) is 1.88. The minimum atomic E-state index is -1.54. The summed E-state index contributed by atoms with van der Waals surface area (Å²) in [6.07, 6.45) is -0.628. The Morgan fingerprint density at radius 3 is 2.18 bits per heavy atom. The second kappa shape index (κ2) is 9.10. The fourth-order valence-electron chi connectivity index (χ4n) is 0.208. The van der Waals surface area contributed by atoms with Crippen LogP contribution in [0.5, 0.6) is 0 Å². The second-order valence-electron chi connectivity index (χ2n) is 1.68. The first-order valence-electron chi connectivity index (χ1n) is 3.14. The average molecular weight is 163 g/mol. The molecule has 0 amide bonds. The zero-order chi connectivity index (χ0) is 9.28. The Bertz CT molecular complexity index is 115. The van der Waals surface area contributed by atoms with Gasteiger partial charge in [-0.1, -0.05) is 6.58 Å². The van der Waals surface area contributed by atoms with Crippen LogP contribution in [0.1, 0.15) is 6.92 Å². The summed E-state index contributed by atoms with van der Waals surface area (Å²) in [5.74, 6) is -0.736. The lowest BCUT2D eigenvalue weighted by Gasteiger charge is -1.98. The molecule has 66 valence electrons. The van der Waals surface area contributed by atoms with Gasteiger partial charge in [0.05, 0.1) is 0 Å². The third kappa shape index (κ3) is 17.6. The van der Waals surface area contributed by atoms with Crippen molar-refractivity contribution in [2.75, 3.05) is 14.1 Å². The van der Waals surface area contributed by atoms with E-state index in [9.17, 15) is 9.18 Å². The van der Waals surface area contributed by atoms with Crippen LogP contribution in [-0.4, -0.2) is 26.4 Å². The van der Waals surface area contributed by atoms with Gasteiger partial charge >= 0.3 is 5.97 Å². The number of ether oxygens (including phenoxy) is 1. The van der Waals surface area contributed by atoms with Crippen LogP contribution in [-0.2, 0) is 9.53 Å². The van der Waals surface area contributed by atoms with Crippen molar-refractivity contribution in [2.24, 2.45) is 0 Å². The van der Waals surface area contributed by atoms with Crippen molar-refractivity contribution in [3.8, 4) is 0 Å². The van der Waals surface area contributed by atoms with Gasteiger partial charge in [-0.3, -0.25) is 0 Å². The summed E-state index contributed by atoms with van der Waals surface area (Å²) < 4.78 is 15.6. The van der Waals surface area contributed by atoms with E-state index in [2.05, 4.69) is 16.6 Å². The smallest absolute Gasteiger partial charge is 0.332 e. The van der Waals surface area contributed by atoms with Crippen molar-refractivity contribution in [1.82, 2.24) is 5.32 Å². The van der Waals surface area contributed by atoms with Crippen LogP contribution < -0.4 is 5.32 Å². The van der Waals surface area contributed by atoms with Crippen molar-refractivity contribution in [2.45, 2.75) is 13.3 Å². The number of rotatable bonds is 2. The van der Waals surface area contributed by atoms with E-state index in [0.717, 1.165) is 13.0 Å². The van der Waals surface area contributed by atoms with Crippen LogP contribution in [0, 0.1) is 0 Å². The van der Waals surface area contributed by atoms with E-state index < -0.39 is 12.3 Å². The summed E-state index contributed by atoms with van der Waals surface area (Å²) in [6, 6.07) is 0. The molecule has 11 heavy (non-hydrogen) atoms. The molecule has 1 N–H and O–H groups in total. The molecule has 0 fully saturated rings. The molecular weight excluding hydrogens is 149 g/mol. The van der Waals surface area contributed by atoms with Gasteiger partial charge in [-0.05, 0) is 14.1 Å². The molecule has 4 heteroatoms. The standard InChI is InChI=1S/C5H7FO2.C2H7N/c1-3-5(7)8-4(2)6;1-3-2/h3-4H,1H2,2H3;3H,1-2H3. The maximum absolute atomic E-state index is 11.6. The van der Waals surface area contributed by atoms with Crippen LogP contribution in [0.25, 0.3) is 0 Å². The first kappa shape index (κ1) is 12.7. The molecular formula is C7H14FNO2. The van der Waals surface area contributed by atoms with Crippen LogP contribution in [0.15, 0.2) is 12.7 Å². The lowest BCUT2D eigenvalue weighted by atomic mass is 10.6. The minimum Gasteiger partial charge on any atom is -0.428 e. The van der Waals surface area contributed by atoms with Gasteiger partial charge in [-0.2, -0.15) is 0 Å². The van der Waals surface area contributed by atoms with Gasteiger partial charge in [0.25, 0.3) is 0 Å². The van der Waals surface area contributed by atoms with Gasteiger partial charge < -0.3 is 10.1 Å². The summed E-state index contributed by atoms with van der Waals surface area (Å²) >= 11 is 0. The van der Waals surface area contributed by atoms with Crippen LogP contribution in [0.2, 0.25) is 0 Å². The van der Waals surface area contributed by atoms with Crippen molar-refractivity contribution in [3.63, 3.8) is 0 Å². The Balaban J connectivity index is 0. The normalized spacial score (nSPS) is 10.5. The van der Waals surface area contributed by atoms with Crippen molar-refractivity contribution < 1.29 is 13.9 Å². The largest absolute Gasteiger partial charge is 0.428 e. The molecule has 0 bridgehead atoms. The van der Waals surface area contributed by atoms with Crippen molar-refractivity contribution in [1.29, 1.82) is 0 Å². The Morgan fingerprint density at radius 1 is 1.73 bits per heavy atom. The highest BCUT2D eigenvalue weighted by molar-refractivity contribution is 5.81. The fraction of sp³-hybridized carbons (Fsp3) is 0.571. The summed E-state index contributed by atoms with van der Waals surface area (Å²) in [7, 11) is 3.75. The zero-order valence-corrected chi connectivity index (χ0v) is 7.06. The first-order valence-corrected chi connectivity index (χ1v) is 3.14. The number of carbonyl (C=O) groups excluding carboxylic acids is 1. The molecule has 0 aliphatic rings. The molecule has 3 nitrogen and oxygen atoms in total. The van der Waals surface area contributed by atoms with E-state index >= 15 is 0 Å². The third-order valence-electron chi connectivity index (χ3n) is 0.445. The molecule has 0 aromatic carbocycles. The van der Waals surface area contributed by atoms with E-state index in [0.29, 0.717) is 0 Å². The predicted octanol–water partition coefficient (Wildman–Crippen LogP) is 0.867. The maximum Gasteiger partial charge on any atom is 0.332 e. The number of hydrogen-bond acceptors (Lipinski definition) is 3. The molecule has 0 heterocycles. The van der Waals surface area contributed by atoms with Crippen molar-refractivity contribution >= 4 is 5.97 Å². The molecule has 0 radical (unpaired) electrons. The molecule has 0 saturated heterocycles. The predicted molar refractivity (Wildman–Crippen MR) is 41.8 cm³/mol. The minimum absolute atomic E-state index is 0.736. The summed E-state index contributed by atoms with van der Waals surface area (Å²) in [6.45, 7) is 4.20. The Hall–Kier alpha value is -0.900. The lowest BCUT2D eigenvalue weighted by Crippen LogP contribution is -2.06. The van der Waals surface area contributed by atoms with Gasteiger partial charge in [0.2, 0.25) is 6.36 Å². The Labute approximate surface area is 66.2 Å². The number of halogens is 1. The molecule has 0 saturated carbocycles. The SMILES string of the molecule is C=CC(=O)OC(C)F.CNC.